The average Bonchev–Trinajstić information content (AvgIpc) is 3.36. The van der Waals surface area contributed by atoms with Crippen molar-refractivity contribution in [3.05, 3.63) is 58.3 Å². The second-order valence-corrected chi connectivity index (χ2v) is 7.14. The van der Waals surface area contributed by atoms with Gasteiger partial charge in [-0.25, -0.2) is 5.01 Å². The molecule has 0 saturated carbocycles. The predicted octanol–water partition coefficient (Wildman–Crippen LogP) is 3.52. The molecule has 0 spiro atoms. The molecule has 4 nitrogen and oxygen atoms in total. The molecule has 0 aliphatic carbocycles. The minimum atomic E-state index is 0.114. The third-order valence-corrected chi connectivity index (χ3v) is 5.53. The molecule has 1 aromatic heterocycles. The van der Waals surface area contributed by atoms with Crippen molar-refractivity contribution in [3.63, 3.8) is 0 Å². The first-order valence-corrected chi connectivity index (χ1v) is 9.45. The summed E-state index contributed by atoms with van der Waals surface area (Å²) in [5.74, 6) is 0.114. The van der Waals surface area contributed by atoms with Gasteiger partial charge in [0.05, 0.1) is 18.8 Å². The third-order valence-electron chi connectivity index (χ3n) is 4.83. The van der Waals surface area contributed by atoms with E-state index < -0.39 is 0 Å². The normalized spacial score (nSPS) is 21.2. The summed E-state index contributed by atoms with van der Waals surface area (Å²) in [6.45, 7) is 2.15. The molecule has 2 aliphatic rings. The minimum absolute atomic E-state index is 0.114. The molecule has 24 heavy (non-hydrogen) atoms. The Hall–Kier alpha value is -1.98. The SMILES string of the molecule is O=C(CN1CCC[C@@H]1c1ccsc1)N1CCC(c2ccccc2)=N1. The Kier molecular flexibility index (Phi) is 4.45. The van der Waals surface area contributed by atoms with E-state index in [1.165, 1.54) is 5.56 Å². The Balaban J connectivity index is 1.42. The number of rotatable bonds is 4. The van der Waals surface area contributed by atoms with E-state index >= 15 is 0 Å². The fourth-order valence-electron chi connectivity index (χ4n) is 3.58. The van der Waals surface area contributed by atoms with Crippen LogP contribution in [0.25, 0.3) is 0 Å². The van der Waals surface area contributed by atoms with Gasteiger partial charge in [-0.3, -0.25) is 9.69 Å². The van der Waals surface area contributed by atoms with Crippen LogP contribution in [0, 0.1) is 0 Å². The van der Waals surface area contributed by atoms with Crippen LogP contribution in [0.2, 0.25) is 0 Å². The number of carbonyl (C=O) groups is 1. The molecule has 1 atom stereocenters. The van der Waals surface area contributed by atoms with Crippen molar-refractivity contribution in [3.8, 4) is 0 Å². The number of thiophene rings is 1. The summed E-state index contributed by atoms with van der Waals surface area (Å²) in [6.07, 6.45) is 3.14. The average molecular weight is 339 g/mol. The summed E-state index contributed by atoms with van der Waals surface area (Å²) in [4.78, 5) is 15.0. The van der Waals surface area contributed by atoms with Crippen molar-refractivity contribution in [1.82, 2.24) is 9.91 Å². The van der Waals surface area contributed by atoms with Crippen LogP contribution in [-0.2, 0) is 4.79 Å². The molecule has 0 N–H and O–H groups in total. The highest BCUT2D eigenvalue weighted by atomic mass is 32.1. The van der Waals surface area contributed by atoms with E-state index in [0.29, 0.717) is 19.1 Å². The van der Waals surface area contributed by atoms with Crippen molar-refractivity contribution in [2.45, 2.75) is 25.3 Å². The summed E-state index contributed by atoms with van der Waals surface area (Å²) < 4.78 is 0. The Morgan fingerprint density at radius 2 is 2.08 bits per heavy atom. The fourth-order valence-corrected chi connectivity index (χ4v) is 4.29. The highest BCUT2D eigenvalue weighted by molar-refractivity contribution is 7.07. The second kappa shape index (κ2) is 6.87. The van der Waals surface area contributed by atoms with Gasteiger partial charge >= 0.3 is 0 Å². The van der Waals surface area contributed by atoms with Crippen molar-refractivity contribution in [2.75, 3.05) is 19.6 Å². The zero-order valence-corrected chi connectivity index (χ0v) is 14.4. The number of hydrogen-bond donors (Lipinski definition) is 0. The highest BCUT2D eigenvalue weighted by Gasteiger charge is 2.30. The number of benzene rings is 1. The Morgan fingerprint density at radius 1 is 1.21 bits per heavy atom. The van der Waals surface area contributed by atoms with E-state index in [2.05, 4.69) is 39.0 Å². The highest BCUT2D eigenvalue weighted by Crippen LogP contribution is 2.32. The van der Waals surface area contributed by atoms with Crippen LogP contribution in [0.5, 0.6) is 0 Å². The Bertz CT molecular complexity index is 726. The van der Waals surface area contributed by atoms with E-state index in [9.17, 15) is 4.79 Å². The minimum Gasteiger partial charge on any atom is -0.287 e. The number of likely N-dealkylation sites (tertiary alicyclic amines) is 1. The molecule has 4 rings (SSSR count). The zero-order chi connectivity index (χ0) is 16.4. The van der Waals surface area contributed by atoms with Crippen LogP contribution < -0.4 is 0 Å². The molecule has 3 heterocycles. The van der Waals surface area contributed by atoms with Crippen molar-refractivity contribution in [1.29, 1.82) is 0 Å². The van der Waals surface area contributed by atoms with E-state index in [1.54, 1.807) is 16.3 Å². The topological polar surface area (TPSA) is 35.9 Å². The molecule has 1 aromatic carbocycles. The molecule has 0 radical (unpaired) electrons. The summed E-state index contributed by atoms with van der Waals surface area (Å²) in [5, 5.41) is 10.5. The Labute approximate surface area is 146 Å². The van der Waals surface area contributed by atoms with Gasteiger partial charge in [-0.1, -0.05) is 30.3 Å². The second-order valence-electron chi connectivity index (χ2n) is 6.36. The van der Waals surface area contributed by atoms with E-state index in [0.717, 1.165) is 37.1 Å². The van der Waals surface area contributed by atoms with Crippen LogP contribution in [0.15, 0.2) is 52.3 Å². The number of hydrogen-bond acceptors (Lipinski definition) is 4. The lowest BCUT2D eigenvalue weighted by Crippen LogP contribution is -2.36. The van der Waals surface area contributed by atoms with Crippen molar-refractivity contribution >= 4 is 23.0 Å². The largest absolute Gasteiger partial charge is 0.287 e. The van der Waals surface area contributed by atoms with E-state index in [4.69, 9.17) is 0 Å². The van der Waals surface area contributed by atoms with Crippen molar-refractivity contribution < 1.29 is 4.79 Å². The van der Waals surface area contributed by atoms with Gasteiger partial charge in [0.2, 0.25) is 0 Å². The van der Waals surface area contributed by atoms with Gasteiger partial charge in [0.15, 0.2) is 0 Å². The maximum absolute atomic E-state index is 12.7. The van der Waals surface area contributed by atoms with Crippen LogP contribution >= 0.6 is 11.3 Å². The molecule has 5 heteroatoms. The maximum Gasteiger partial charge on any atom is 0.256 e. The lowest BCUT2D eigenvalue weighted by molar-refractivity contribution is -0.132. The first-order chi connectivity index (χ1) is 11.8. The van der Waals surface area contributed by atoms with Gasteiger partial charge in [0.25, 0.3) is 5.91 Å². The predicted molar refractivity (Wildman–Crippen MR) is 97.2 cm³/mol. The summed E-state index contributed by atoms with van der Waals surface area (Å²) >= 11 is 1.73. The van der Waals surface area contributed by atoms with Gasteiger partial charge in [-0.2, -0.15) is 16.4 Å². The van der Waals surface area contributed by atoms with Crippen LogP contribution in [0.4, 0.5) is 0 Å². The molecule has 124 valence electrons. The van der Waals surface area contributed by atoms with Crippen LogP contribution in [0.1, 0.15) is 36.4 Å². The summed E-state index contributed by atoms with van der Waals surface area (Å²) in [5.41, 5.74) is 3.48. The first kappa shape index (κ1) is 15.5. The summed E-state index contributed by atoms with van der Waals surface area (Å²) in [7, 11) is 0. The molecule has 1 amide bonds. The molecule has 2 aromatic rings. The number of hydrazone groups is 1. The van der Waals surface area contributed by atoms with Crippen LogP contribution in [0.3, 0.4) is 0 Å². The third kappa shape index (κ3) is 3.14. The lowest BCUT2D eigenvalue weighted by atomic mass is 10.1. The number of carbonyl (C=O) groups excluding carboxylic acids is 1. The van der Waals surface area contributed by atoms with E-state index in [1.807, 2.05) is 18.2 Å². The molecule has 0 unspecified atom stereocenters. The molecule has 0 bridgehead atoms. The molecular weight excluding hydrogens is 318 g/mol. The first-order valence-electron chi connectivity index (χ1n) is 8.51. The van der Waals surface area contributed by atoms with E-state index in [-0.39, 0.29) is 5.91 Å². The van der Waals surface area contributed by atoms with Gasteiger partial charge in [0, 0.05) is 12.5 Å². The van der Waals surface area contributed by atoms with Gasteiger partial charge < -0.3 is 0 Å². The quantitative estimate of drug-likeness (QED) is 0.854. The molecule has 1 saturated heterocycles. The van der Waals surface area contributed by atoms with Gasteiger partial charge in [0.1, 0.15) is 0 Å². The standard InChI is InChI=1S/C19H21N3OS/c23-19(13-21-10-4-7-18(21)16-9-12-24-14-16)22-11-8-17(20-22)15-5-2-1-3-6-15/h1-3,5-6,9,12,14,18H,4,7-8,10-11,13H2/t18-/m1/s1. The van der Waals surface area contributed by atoms with Crippen molar-refractivity contribution in [2.24, 2.45) is 5.10 Å². The van der Waals surface area contributed by atoms with Crippen LogP contribution in [-0.4, -0.2) is 41.2 Å². The lowest BCUT2D eigenvalue weighted by Gasteiger charge is -2.24. The maximum atomic E-state index is 12.7. The Morgan fingerprint density at radius 3 is 2.88 bits per heavy atom. The molecule has 2 aliphatic heterocycles. The number of amides is 1. The smallest absolute Gasteiger partial charge is 0.256 e. The summed E-state index contributed by atoms with van der Waals surface area (Å²) in [6, 6.07) is 12.7. The van der Waals surface area contributed by atoms with Gasteiger partial charge in [-0.15, -0.1) is 0 Å². The number of nitrogens with zero attached hydrogens (tertiary/aromatic N) is 3. The molecule has 1 fully saturated rings. The monoisotopic (exact) mass is 339 g/mol. The zero-order valence-electron chi connectivity index (χ0n) is 13.6. The fraction of sp³-hybridized carbons (Fsp3) is 0.368. The van der Waals surface area contributed by atoms with Gasteiger partial charge in [-0.05, 0) is 47.3 Å². The molecular formula is C19H21N3OS.